The van der Waals surface area contributed by atoms with Crippen LogP contribution in [0, 0.1) is 35.5 Å². The molecule has 16 heavy (non-hydrogen) atoms. The first-order valence-corrected chi connectivity index (χ1v) is 6.60. The Morgan fingerprint density at radius 1 is 0.875 bits per heavy atom. The van der Waals surface area contributed by atoms with Gasteiger partial charge in [0.15, 0.2) is 0 Å². The van der Waals surface area contributed by atoms with Crippen LogP contribution in [0.15, 0.2) is 18.2 Å². The summed E-state index contributed by atoms with van der Waals surface area (Å²) < 4.78 is 5.59. The molecule has 2 bridgehead atoms. The lowest BCUT2D eigenvalue weighted by Crippen LogP contribution is -2.87. The third kappa shape index (κ3) is 0.419. The van der Waals surface area contributed by atoms with Gasteiger partial charge in [-0.1, -0.05) is 12.1 Å². The minimum Gasteiger partial charge on any atom is -0.496 e. The van der Waals surface area contributed by atoms with Crippen LogP contribution >= 0.6 is 0 Å². The summed E-state index contributed by atoms with van der Waals surface area (Å²) in [6.45, 7) is 0. The molecule has 6 aliphatic carbocycles. The summed E-state index contributed by atoms with van der Waals surface area (Å²) in [5.41, 5.74) is 3.29. The molecule has 4 atom stereocenters. The Bertz CT molecular complexity index is 528. The van der Waals surface area contributed by atoms with Crippen LogP contribution in [0.5, 0.6) is 5.75 Å². The van der Waals surface area contributed by atoms with Gasteiger partial charge in [-0.05, 0) is 59.0 Å². The van der Waals surface area contributed by atoms with Crippen molar-refractivity contribution in [2.45, 2.75) is 11.8 Å². The molecular formula is C15H14O. The maximum atomic E-state index is 5.59. The summed E-state index contributed by atoms with van der Waals surface area (Å²) in [6.07, 6.45) is 0. The Hall–Kier alpha value is -0.980. The van der Waals surface area contributed by atoms with E-state index in [2.05, 4.69) is 18.2 Å². The molecule has 0 saturated heterocycles. The highest BCUT2D eigenvalue weighted by Gasteiger charge is 2.89. The first kappa shape index (κ1) is 7.37. The fourth-order valence-corrected chi connectivity index (χ4v) is 6.60. The number of hydrogen-bond acceptors (Lipinski definition) is 1. The number of ether oxygens (including phenoxy) is 1. The van der Waals surface area contributed by atoms with E-state index < -0.39 is 0 Å². The zero-order valence-corrected chi connectivity index (χ0v) is 9.26. The average Bonchev–Trinajstić information content (AvgIpc) is 2.29. The topological polar surface area (TPSA) is 9.23 Å². The van der Waals surface area contributed by atoms with E-state index in [9.17, 15) is 0 Å². The smallest absolute Gasteiger partial charge is 0.122 e. The van der Waals surface area contributed by atoms with Gasteiger partial charge in [-0.25, -0.2) is 0 Å². The second-order valence-electron chi connectivity index (χ2n) is 6.48. The third-order valence-electron chi connectivity index (χ3n) is 6.78. The molecule has 4 saturated carbocycles. The SMILES string of the molecule is COc1cccc2c1C1[C@H]3C4C5[C@@H]3C2[C@@H]5[C@@H]14. The van der Waals surface area contributed by atoms with E-state index in [0.29, 0.717) is 0 Å². The van der Waals surface area contributed by atoms with Gasteiger partial charge >= 0.3 is 0 Å². The third-order valence-corrected chi connectivity index (χ3v) is 6.78. The van der Waals surface area contributed by atoms with Crippen LogP contribution in [0.1, 0.15) is 23.0 Å². The standard InChI is InChI=1S/C15H14O/c1-16-6-4-2-3-5-7(6)9-12-10-8(5)11-13(9)15(12)14(10)11/h2-4,8-15H,1H3/t8?,9?,10-,11-,12-,13-,14?,15?/m1/s1. The van der Waals surface area contributed by atoms with Gasteiger partial charge in [0.1, 0.15) is 5.75 Å². The Morgan fingerprint density at radius 3 is 2.25 bits per heavy atom. The fourth-order valence-electron chi connectivity index (χ4n) is 6.60. The average molecular weight is 210 g/mol. The van der Waals surface area contributed by atoms with Crippen molar-refractivity contribution in [1.29, 1.82) is 0 Å². The summed E-state index contributed by atoms with van der Waals surface area (Å²) >= 11 is 0. The van der Waals surface area contributed by atoms with Gasteiger partial charge in [-0.15, -0.1) is 0 Å². The van der Waals surface area contributed by atoms with Crippen molar-refractivity contribution in [3.8, 4) is 5.75 Å². The molecule has 4 fully saturated rings. The van der Waals surface area contributed by atoms with Crippen LogP contribution < -0.4 is 4.74 Å². The van der Waals surface area contributed by atoms with Crippen LogP contribution in [0.2, 0.25) is 0 Å². The van der Waals surface area contributed by atoms with Crippen LogP contribution in [0.4, 0.5) is 0 Å². The van der Waals surface area contributed by atoms with Gasteiger partial charge < -0.3 is 4.74 Å². The molecule has 7 rings (SSSR count). The van der Waals surface area contributed by atoms with Crippen LogP contribution in [0.3, 0.4) is 0 Å². The number of methoxy groups -OCH3 is 1. The second-order valence-corrected chi connectivity index (χ2v) is 6.48. The molecule has 1 aromatic carbocycles. The molecule has 80 valence electrons. The van der Waals surface area contributed by atoms with Gasteiger partial charge in [0, 0.05) is 5.56 Å². The molecule has 0 aromatic heterocycles. The molecule has 1 heteroatoms. The second kappa shape index (κ2) is 1.83. The Labute approximate surface area is 94.8 Å². The van der Waals surface area contributed by atoms with Crippen molar-refractivity contribution in [2.75, 3.05) is 7.11 Å². The summed E-state index contributed by atoms with van der Waals surface area (Å²) in [7, 11) is 1.83. The van der Waals surface area contributed by atoms with Gasteiger partial charge in [0.05, 0.1) is 7.11 Å². The number of rotatable bonds is 1. The maximum Gasteiger partial charge on any atom is 0.122 e. The van der Waals surface area contributed by atoms with Crippen LogP contribution in [-0.2, 0) is 0 Å². The van der Waals surface area contributed by atoms with Crippen molar-refractivity contribution in [2.24, 2.45) is 35.5 Å². The summed E-state index contributed by atoms with van der Waals surface area (Å²) in [6, 6.07) is 6.74. The van der Waals surface area contributed by atoms with E-state index in [1.54, 1.807) is 11.1 Å². The first-order valence-electron chi connectivity index (χ1n) is 6.60. The summed E-state index contributed by atoms with van der Waals surface area (Å²) in [4.78, 5) is 0. The fraction of sp³-hybridized carbons (Fsp3) is 0.600. The predicted octanol–water partition coefficient (Wildman–Crippen LogP) is 2.63. The Balaban J connectivity index is 1.69. The normalized spacial score (nSPS) is 59.6. The van der Waals surface area contributed by atoms with Crippen molar-refractivity contribution >= 4 is 0 Å². The number of benzene rings is 1. The zero-order chi connectivity index (χ0) is 10.2. The lowest BCUT2D eigenvalue weighted by atomic mass is 9.11. The Morgan fingerprint density at radius 2 is 1.56 bits per heavy atom. The molecule has 0 heterocycles. The molecule has 0 N–H and O–H groups in total. The molecule has 0 amide bonds. The minimum atomic E-state index is 0.904. The maximum absolute atomic E-state index is 5.59. The minimum absolute atomic E-state index is 0.904. The highest BCUT2D eigenvalue weighted by Crippen LogP contribution is 2.94. The van der Waals surface area contributed by atoms with E-state index >= 15 is 0 Å². The summed E-state index contributed by atoms with van der Waals surface area (Å²) in [5, 5.41) is 0. The molecule has 0 aliphatic heterocycles. The van der Waals surface area contributed by atoms with Crippen molar-refractivity contribution in [1.82, 2.24) is 0 Å². The summed E-state index contributed by atoms with van der Waals surface area (Å²) in [5.74, 6) is 9.72. The Kier molecular flexibility index (Phi) is 0.843. The highest BCUT2D eigenvalue weighted by atomic mass is 16.5. The van der Waals surface area contributed by atoms with Gasteiger partial charge in [-0.3, -0.25) is 0 Å². The predicted molar refractivity (Wildman–Crippen MR) is 59.4 cm³/mol. The van der Waals surface area contributed by atoms with E-state index in [4.69, 9.17) is 4.74 Å². The lowest BCUT2D eigenvalue weighted by molar-refractivity contribution is -0.407. The monoisotopic (exact) mass is 210 g/mol. The molecule has 1 aromatic rings. The van der Waals surface area contributed by atoms with E-state index in [1.165, 1.54) is 11.7 Å². The van der Waals surface area contributed by atoms with Gasteiger partial charge in [0.25, 0.3) is 0 Å². The number of hydrogen-bond donors (Lipinski definition) is 0. The van der Waals surface area contributed by atoms with Gasteiger partial charge in [0.2, 0.25) is 0 Å². The van der Waals surface area contributed by atoms with E-state index in [1.807, 2.05) is 7.11 Å². The molecule has 0 spiro atoms. The van der Waals surface area contributed by atoms with E-state index in [-0.39, 0.29) is 0 Å². The highest BCUT2D eigenvalue weighted by molar-refractivity contribution is 5.59. The quantitative estimate of drug-likeness (QED) is 0.692. The van der Waals surface area contributed by atoms with Crippen LogP contribution in [0.25, 0.3) is 0 Å². The molecular weight excluding hydrogens is 196 g/mol. The van der Waals surface area contributed by atoms with Crippen molar-refractivity contribution in [3.63, 3.8) is 0 Å². The lowest BCUT2D eigenvalue weighted by Gasteiger charge is -2.92. The molecule has 0 radical (unpaired) electrons. The molecule has 0 unspecified atom stereocenters. The van der Waals surface area contributed by atoms with Gasteiger partial charge in [-0.2, -0.15) is 0 Å². The van der Waals surface area contributed by atoms with Crippen LogP contribution in [-0.4, -0.2) is 7.11 Å². The van der Waals surface area contributed by atoms with Crippen molar-refractivity contribution < 1.29 is 4.74 Å². The van der Waals surface area contributed by atoms with E-state index in [0.717, 1.165) is 41.4 Å². The first-order chi connectivity index (χ1) is 7.93. The van der Waals surface area contributed by atoms with Crippen molar-refractivity contribution in [3.05, 3.63) is 29.3 Å². The largest absolute Gasteiger partial charge is 0.496 e. The molecule has 1 nitrogen and oxygen atoms in total. The zero-order valence-electron chi connectivity index (χ0n) is 9.26. The molecule has 6 aliphatic rings.